The zero-order chi connectivity index (χ0) is 14.7. The zero-order valence-electron chi connectivity index (χ0n) is 11.3. The molecule has 0 saturated carbocycles. The van der Waals surface area contributed by atoms with Gasteiger partial charge in [-0.3, -0.25) is 14.6 Å². The molecule has 0 atom stereocenters. The molecular weight excluding hydrogens is 268 g/mol. The predicted octanol–water partition coefficient (Wildman–Crippen LogP) is 0.796. The van der Waals surface area contributed by atoms with Crippen molar-refractivity contribution < 1.29 is 9.59 Å². The Morgan fingerprint density at radius 3 is 2.95 bits per heavy atom. The number of nitrogens with zero attached hydrogens (tertiary/aromatic N) is 3. The highest BCUT2D eigenvalue weighted by atomic mass is 16.2. The minimum atomic E-state index is -0.289. The lowest BCUT2D eigenvalue weighted by Gasteiger charge is -2.17. The quantitative estimate of drug-likeness (QED) is 0.900. The summed E-state index contributed by atoms with van der Waals surface area (Å²) < 4.78 is 0. The Hall–Kier alpha value is -2.76. The Morgan fingerprint density at radius 1 is 1.29 bits per heavy atom. The molecule has 0 bridgehead atoms. The molecule has 2 amide bonds. The molecule has 0 saturated heterocycles. The van der Waals surface area contributed by atoms with Crippen LogP contribution in [0.4, 0.5) is 5.69 Å². The Morgan fingerprint density at radius 2 is 2.14 bits per heavy atom. The number of rotatable bonds is 4. The summed E-state index contributed by atoms with van der Waals surface area (Å²) in [7, 11) is 0. The normalized spacial score (nSPS) is 13.1. The van der Waals surface area contributed by atoms with Gasteiger partial charge in [0.25, 0.3) is 5.91 Å². The fourth-order valence-electron chi connectivity index (χ4n) is 2.35. The van der Waals surface area contributed by atoms with Crippen LogP contribution in [0.25, 0.3) is 0 Å². The molecule has 6 nitrogen and oxygen atoms in total. The molecule has 1 N–H and O–H groups in total. The number of carbonyl (C=O) groups excluding carboxylic acids is 2. The van der Waals surface area contributed by atoms with Crippen LogP contribution in [-0.4, -0.2) is 34.9 Å². The largest absolute Gasteiger partial charge is 0.349 e. The van der Waals surface area contributed by atoms with Crippen LogP contribution in [-0.2, 0) is 11.2 Å². The smallest absolute Gasteiger partial charge is 0.271 e. The minimum absolute atomic E-state index is 0.0601. The first kappa shape index (κ1) is 13.2. The van der Waals surface area contributed by atoms with Gasteiger partial charge in [0.15, 0.2) is 0 Å². The molecule has 2 aromatic rings. The molecule has 0 spiro atoms. The number of hydrogen-bond acceptors (Lipinski definition) is 4. The van der Waals surface area contributed by atoms with E-state index in [0.717, 1.165) is 11.3 Å². The van der Waals surface area contributed by atoms with Gasteiger partial charge in [0, 0.05) is 31.2 Å². The Bertz CT molecular complexity index is 672. The van der Waals surface area contributed by atoms with E-state index in [0.29, 0.717) is 19.5 Å². The van der Waals surface area contributed by atoms with E-state index in [1.54, 1.807) is 4.90 Å². The van der Waals surface area contributed by atoms with Gasteiger partial charge in [-0.05, 0) is 11.6 Å². The molecule has 3 rings (SSSR count). The van der Waals surface area contributed by atoms with Gasteiger partial charge in [0.05, 0.1) is 12.6 Å². The number of aromatic nitrogens is 2. The van der Waals surface area contributed by atoms with Gasteiger partial charge in [0.2, 0.25) is 5.91 Å². The molecule has 0 fully saturated rings. The van der Waals surface area contributed by atoms with Crippen LogP contribution in [0.1, 0.15) is 16.1 Å². The summed E-state index contributed by atoms with van der Waals surface area (Å²) >= 11 is 0. The van der Waals surface area contributed by atoms with Crippen LogP contribution < -0.4 is 10.2 Å². The van der Waals surface area contributed by atoms with Gasteiger partial charge in [-0.1, -0.05) is 18.2 Å². The van der Waals surface area contributed by atoms with E-state index in [4.69, 9.17) is 0 Å². The average molecular weight is 282 g/mol. The lowest BCUT2D eigenvalue weighted by Crippen LogP contribution is -2.36. The first-order chi connectivity index (χ1) is 10.3. The highest BCUT2D eigenvalue weighted by Gasteiger charge is 2.26. The lowest BCUT2D eigenvalue weighted by molar-refractivity contribution is -0.117. The van der Waals surface area contributed by atoms with E-state index >= 15 is 0 Å². The summed E-state index contributed by atoms with van der Waals surface area (Å²) in [5.41, 5.74) is 2.23. The molecule has 0 radical (unpaired) electrons. The first-order valence-corrected chi connectivity index (χ1v) is 6.68. The number of anilines is 1. The van der Waals surface area contributed by atoms with Crippen molar-refractivity contribution in [2.24, 2.45) is 0 Å². The van der Waals surface area contributed by atoms with Gasteiger partial charge >= 0.3 is 0 Å². The van der Waals surface area contributed by atoms with Crippen LogP contribution in [0.15, 0.2) is 42.9 Å². The third-order valence-corrected chi connectivity index (χ3v) is 3.34. The van der Waals surface area contributed by atoms with Crippen LogP contribution in [0.3, 0.4) is 0 Å². The number of benzene rings is 1. The second kappa shape index (κ2) is 5.70. The summed E-state index contributed by atoms with van der Waals surface area (Å²) in [5.74, 6) is -0.229. The topological polar surface area (TPSA) is 75.2 Å². The Balaban J connectivity index is 1.59. The van der Waals surface area contributed by atoms with Crippen molar-refractivity contribution >= 4 is 17.5 Å². The molecule has 2 heterocycles. The van der Waals surface area contributed by atoms with Crippen molar-refractivity contribution in [2.45, 2.75) is 6.42 Å². The Labute approximate surface area is 121 Å². The summed E-state index contributed by atoms with van der Waals surface area (Å²) in [6.07, 6.45) is 4.81. The minimum Gasteiger partial charge on any atom is -0.349 e. The Kier molecular flexibility index (Phi) is 3.59. The van der Waals surface area contributed by atoms with Crippen LogP contribution in [0.5, 0.6) is 0 Å². The second-order valence-electron chi connectivity index (χ2n) is 4.70. The number of hydrogen-bond donors (Lipinski definition) is 1. The van der Waals surface area contributed by atoms with Crippen LogP contribution >= 0.6 is 0 Å². The van der Waals surface area contributed by atoms with Crippen molar-refractivity contribution in [1.82, 2.24) is 15.3 Å². The SMILES string of the molecule is O=C(NCCN1C(=O)Cc2ccccc21)c1cnccn1. The standard InChI is InChI=1S/C15H14N4O2/c20-14-9-11-3-1-2-4-13(11)19(14)8-7-18-15(21)12-10-16-5-6-17-12/h1-6,10H,7-9H2,(H,18,21). The number of para-hydroxylation sites is 1. The maximum atomic E-state index is 12.0. The highest BCUT2D eigenvalue weighted by molar-refractivity contribution is 6.01. The van der Waals surface area contributed by atoms with E-state index in [9.17, 15) is 9.59 Å². The fraction of sp³-hybridized carbons (Fsp3) is 0.200. The summed E-state index contributed by atoms with van der Waals surface area (Å²) in [5, 5.41) is 2.74. The van der Waals surface area contributed by atoms with E-state index in [2.05, 4.69) is 15.3 Å². The van der Waals surface area contributed by atoms with Gasteiger partial charge < -0.3 is 10.2 Å². The van der Waals surface area contributed by atoms with Crippen molar-refractivity contribution in [2.75, 3.05) is 18.0 Å². The van der Waals surface area contributed by atoms with Crippen molar-refractivity contribution in [3.8, 4) is 0 Å². The monoisotopic (exact) mass is 282 g/mol. The maximum absolute atomic E-state index is 12.0. The van der Waals surface area contributed by atoms with Crippen molar-refractivity contribution in [3.05, 3.63) is 54.1 Å². The fourth-order valence-corrected chi connectivity index (χ4v) is 2.35. The molecule has 21 heavy (non-hydrogen) atoms. The molecule has 1 aliphatic heterocycles. The first-order valence-electron chi connectivity index (χ1n) is 6.68. The molecular formula is C15H14N4O2. The molecule has 1 aromatic heterocycles. The molecule has 1 aliphatic rings. The zero-order valence-corrected chi connectivity index (χ0v) is 11.3. The number of fused-ring (bicyclic) bond motifs is 1. The van der Waals surface area contributed by atoms with Crippen LogP contribution in [0, 0.1) is 0 Å². The molecule has 106 valence electrons. The molecule has 0 unspecified atom stereocenters. The summed E-state index contributed by atoms with van der Waals surface area (Å²) in [6, 6.07) is 7.70. The molecule has 0 aliphatic carbocycles. The van der Waals surface area contributed by atoms with Gasteiger partial charge in [0.1, 0.15) is 5.69 Å². The van der Waals surface area contributed by atoms with Gasteiger partial charge in [-0.15, -0.1) is 0 Å². The van der Waals surface area contributed by atoms with Crippen molar-refractivity contribution in [1.29, 1.82) is 0 Å². The van der Waals surface area contributed by atoms with Gasteiger partial charge in [-0.25, -0.2) is 4.98 Å². The average Bonchev–Trinajstić information content (AvgIpc) is 2.84. The summed E-state index contributed by atoms with van der Waals surface area (Å²) in [4.78, 5) is 33.3. The lowest BCUT2D eigenvalue weighted by atomic mass is 10.2. The number of nitrogens with one attached hydrogen (secondary N) is 1. The highest BCUT2D eigenvalue weighted by Crippen LogP contribution is 2.27. The third-order valence-electron chi connectivity index (χ3n) is 3.34. The predicted molar refractivity (Wildman–Crippen MR) is 76.9 cm³/mol. The van der Waals surface area contributed by atoms with Crippen molar-refractivity contribution in [3.63, 3.8) is 0 Å². The third kappa shape index (κ3) is 2.74. The summed E-state index contributed by atoms with van der Waals surface area (Å²) in [6.45, 7) is 0.817. The van der Waals surface area contributed by atoms with E-state index in [-0.39, 0.29) is 17.5 Å². The molecule has 6 heteroatoms. The van der Waals surface area contributed by atoms with Gasteiger partial charge in [-0.2, -0.15) is 0 Å². The maximum Gasteiger partial charge on any atom is 0.271 e. The van der Waals surface area contributed by atoms with E-state index in [1.807, 2.05) is 24.3 Å². The number of amides is 2. The van der Waals surface area contributed by atoms with E-state index in [1.165, 1.54) is 18.6 Å². The second-order valence-corrected chi connectivity index (χ2v) is 4.70. The molecule has 1 aromatic carbocycles. The van der Waals surface area contributed by atoms with Crippen LogP contribution in [0.2, 0.25) is 0 Å². The van der Waals surface area contributed by atoms with E-state index < -0.39 is 0 Å². The number of carbonyl (C=O) groups is 2.